The molecule has 170 valence electrons. The van der Waals surface area contributed by atoms with E-state index in [2.05, 4.69) is 35.7 Å². The summed E-state index contributed by atoms with van der Waals surface area (Å²) in [5.74, 6) is 5.25. The number of hydrogen-bond acceptors (Lipinski definition) is 6. The van der Waals surface area contributed by atoms with Crippen molar-refractivity contribution in [2.45, 2.75) is 31.1 Å². The molecule has 4 rings (SSSR count). The van der Waals surface area contributed by atoms with Gasteiger partial charge in [-0.3, -0.25) is 24.5 Å². The van der Waals surface area contributed by atoms with E-state index in [4.69, 9.17) is 22.4 Å². The summed E-state index contributed by atoms with van der Waals surface area (Å²) in [6, 6.07) is 10.3. The minimum absolute atomic E-state index is 0.0239. The lowest BCUT2D eigenvalue weighted by molar-refractivity contribution is -0.141. The summed E-state index contributed by atoms with van der Waals surface area (Å²) in [6.07, 6.45) is 3.70. The van der Waals surface area contributed by atoms with Crippen molar-refractivity contribution in [1.29, 1.82) is 0 Å². The van der Waals surface area contributed by atoms with Crippen molar-refractivity contribution < 1.29 is 9.59 Å². The molecule has 7 nitrogen and oxygen atoms in total. The van der Waals surface area contributed by atoms with Crippen molar-refractivity contribution in [1.82, 2.24) is 19.8 Å². The number of nitrogens with zero attached hydrogens (tertiary/aromatic N) is 4. The number of fused-ring (bicyclic) bond motifs is 2. The van der Waals surface area contributed by atoms with Gasteiger partial charge in [-0.25, -0.2) is 5.84 Å². The zero-order valence-electron chi connectivity index (χ0n) is 18.1. The number of hydrogen-bond donors (Lipinski definition) is 2. The highest BCUT2D eigenvalue weighted by Crippen LogP contribution is 2.37. The van der Waals surface area contributed by atoms with Crippen LogP contribution >= 0.6 is 24.2 Å². The van der Waals surface area contributed by atoms with E-state index >= 15 is 0 Å². The number of nitrogens with two attached hydrogens (primary N) is 1. The molecule has 1 fully saturated rings. The number of thiol groups is 1. The smallest absolute Gasteiger partial charge is 0.249 e. The number of amides is 2. The zero-order chi connectivity index (χ0) is 22.8. The maximum atomic E-state index is 12.7. The summed E-state index contributed by atoms with van der Waals surface area (Å²) in [4.78, 5) is 33.5. The summed E-state index contributed by atoms with van der Waals surface area (Å²) >= 11 is 10.4. The number of piperazine rings is 1. The van der Waals surface area contributed by atoms with Crippen molar-refractivity contribution in [2.75, 3.05) is 32.7 Å². The van der Waals surface area contributed by atoms with E-state index in [0.717, 1.165) is 28.6 Å². The van der Waals surface area contributed by atoms with Crippen LogP contribution in [0, 0.1) is 0 Å². The van der Waals surface area contributed by atoms with Crippen molar-refractivity contribution in [3.63, 3.8) is 0 Å². The molecule has 1 aromatic carbocycles. The van der Waals surface area contributed by atoms with Crippen LogP contribution in [-0.2, 0) is 22.4 Å². The van der Waals surface area contributed by atoms with Gasteiger partial charge in [0.25, 0.3) is 0 Å². The van der Waals surface area contributed by atoms with Gasteiger partial charge in [-0.1, -0.05) is 23.7 Å². The monoisotopic (exact) mass is 473 g/mol. The van der Waals surface area contributed by atoms with Gasteiger partial charge < -0.3 is 4.90 Å². The summed E-state index contributed by atoms with van der Waals surface area (Å²) in [7, 11) is 0. The maximum absolute atomic E-state index is 12.7. The van der Waals surface area contributed by atoms with E-state index < -0.39 is 5.25 Å². The predicted octanol–water partition coefficient (Wildman–Crippen LogP) is 2.09. The Balaban J connectivity index is 1.51. The van der Waals surface area contributed by atoms with Crippen LogP contribution in [0.5, 0.6) is 0 Å². The Bertz CT molecular complexity index is 1010. The minimum atomic E-state index is -0.541. The maximum Gasteiger partial charge on any atom is 0.249 e. The Labute approximate surface area is 198 Å². The molecule has 0 radical (unpaired) electrons. The summed E-state index contributed by atoms with van der Waals surface area (Å²) in [5, 5.41) is 1.16. The Kier molecular flexibility index (Phi) is 7.05. The quantitative estimate of drug-likeness (QED) is 0.307. The van der Waals surface area contributed by atoms with Crippen LogP contribution in [0.25, 0.3) is 0 Å². The number of halogens is 1. The summed E-state index contributed by atoms with van der Waals surface area (Å²) in [6.45, 7) is 4.04. The lowest BCUT2D eigenvalue weighted by Crippen LogP contribution is -2.54. The number of carbonyl (C=O) groups excluding carboxylic acids is 2. The Hall–Kier alpha value is -2.13. The topological polar surface area (TPSA) is 82.8 Å². The molecule has 0 saturated carbocycles. The second-order valence-electron chi connectivity index (χ2n) is 8.35. The first-order valence-electron chi connectivity index (χ1n) is 10.8. The predicted molar refractivity (Wildman–Crippen MR) is 127 cm³/mol. The van der Waals surface area contributed by atoms with Crippen LogP contribution in [-0.4, -0.2) is 69.6 Å². The van der Waals surface area contributed by atoms with Gasteiger partial charge in [0.1, 0.15) is 6.54 Å². The molecule has 2 amide bonds. The number of carbonyl (C=O) groups is 2. The fourth-order valence-electron chi connectivity index (χ4n) is 4.55. The number of hydrazine groups is 1. The van der Waals surface area contributed by atoms with E-state index in [1.54, 1.807) is 11.8 Å². The molecular weight excluding hydrogens is 446 g/mol. The molecule has 2 N–H and O–H groups in total. The molecule has 1 aromatic heterocycles. The van der Waals surface area contributed by atoms with Gasteiger partial charge in [-0.15, -0.1) is 0 Å². The molecule has 0 spiro atoms. The van der Waals surface area contributed by atoms with Gasteiger partial charge in [0.05, 0.1) is 17.0 Å². The van der Waals surface area contributed by atoms with Gasteiger partial charge in [0.2, 0.25) is 11.8 Å². The van der Waals surface area contributed by atoms with Crippen molar-refractivity contribution in [2.24, 2.45) is 5.84 Å². The minimum Gasteiger partial charge on any atom is -0.339 e. The highest BCUT2D eigenvalue weighted by atomic mass is 35.5. The largest absolute Gasteiger partial charge is 0.339 e. The molecule has 0 bridgehead atoms. The van der Waals surface area contributed by atoms with E-state index in [0.29, 0.717) is 26.2 Å². The molecule has 1 aliphatic carbocycles. The standard InChI is InChI=1S/C23H28ClN5O2S/c1-15(32)23(31)29(25)14-20(30)27-9-11-28(12-10-27)22-19-7-6-18(24)13-17(19)5-4-16-3-2-8-26-21(16)22/h2-3,6-8,13,15,22,32H,4-5,9-12,14,25H2,1H3. The van der Waals surface area contributed by atoms with Gasteiger partial charge in [-0.05, 0) is 54.7 Å². The Morgan fingerprint density at radius 2 is 1.94 bits per heavy atom. The average Bonchev–Trinajstić information content (AvgIpc) is 2.95. The lowest BCUT2D eigenvalue weighted by atomic mass is 9.96. The van der Waals surface area contributed by atoms with Crippen molar-refractivity contribution in [3.05, 3.63) is 63.9 Å². The zero-order valence-corrected chi connectivity index (χ0v) is 19.7. The van der Waals surface area contributed by atoms with E-state index in [1.165, 1.54) is 16.7 Å². The highest BCUT2D eigenvalue weighted by molar-refractivity contribution is 7.81. The van der Waals surface area contributed by atoms with Crippen LogP contribution in [0.2, 0.25) is 5.02 Å². The third kappa shape index (κ3) is 4.78. The SMILES string of the molecule is CC(S)C(=O)N(N)CC(=O)N1CCN(C2c3ccc(Cl)cc3CCc3cccnc32)CC1. The first-order chi connectivity index (χ1) is 15.3. The number of rotatable bonds is 4. The molecule has 2 aliphatic rings. The Morgan fingerprint density at radius 3 is 2.66 bits per heavy atom. The molecule has 1 saturated heterocycles. The molecule has 2 atom stereocenters. The molecule has 9 heteroatoms. The number of benzene rings is 1. The van der Waals surface area contributed by atoms with Gasteiger partial charge in [0, 0.05) is 37.4 Å². The van der Waals surface area contributed by atoms with Crippen LogP contribution in [0.15, 0.2) is 36.5 Å². The third-order valence-corrected chi connectivity index (χ3v) is 6.68. The van der Waals surface area contributed by atoms with Crippen LogP contribution < -0.4 is 5.84 Å². The van der Waals surface area contributed by atoms with Gasteiger partial charge in [0.15, 0.2) is 0 Å². The molecule has 2 heterocycles. The van der Waals surface area contributed by atoms with Gasteiger partial charge in [-0.2, -0.15) is 12.6 Å². The number of aromatic nitrogens is 1. The lowest BCUT2D eigenvalue weighted by Gasteiger charge is -2.40. The van der Waals surface area contributed by atoms with E-state index in [1.807, 2.05) is 18.3 Å². The third-order valence-electron chi connectivity index (χ3n) is 6.23. The fourth-order valence-corrected chi connectivity index (χ4v) is 4.89. The first-order valence-corrected chi connectivity index (χ1v) is 11.7. The second kappa shape index (κ2) is 9.79. The van der Waals surface area contributed by atoms with Crippen molar-refractivity contribution >= 4 is 36.0 Å². The van der Waals surface area contributed by atoms with Crippen LogP contribution in [0.4, 0.5) is 0 Å². The first kappa shape index (κ1) is 23.0. The van der Waals surface area contributed by atoms with Gasteiger partial charge >= 0.3 is 0 Å². The highest BCUT2D eigenvalue weighted by Gasteiger charge is 2.33. The number of aryl methyl sites for hydroxylation is 2. The molecule has 32 heavy (non-hydrogen) atoms. The molecule has 1 aliphatic heterocycles. The number of pyridine rings is 1. The molecular formula is C23H28ClN5O2S. The normalized spacial score (nSPS) is 19.5. The summed E-state index contributed by atoms with van der Waals surface area (Å²) in [5.41, 5.74) is 4.81. The van der Waals surface area contributed by atoms with E-state index in [9.17, 15) is 9.59 Å². The van der Waals surface area contributed by atoms with E-state index in [-0.39, 0.29) is 24.4 Å². The fraction of sp³-hybridized carbons (Fsp3) is 0.435. The molecule has 2 unspecified atom stereocenters. The van der Waals surface area contributed by atoms with Crippen LogP contribution in [0.1, 0.15) is 35.3 Å². The molecule has 2 aromatic rings. The summed E-state index contributed by atoms with van der Waals surface area (Å²) < 4.78 is 0. The van der Waals surface area contributed by atoms with Crippen molar-refractivity contribution in [3.8, 4) is 0 Å². The second-order valence-corrected chi connectivity index (χ2v) is 9.56. The Morgan fingerprint density at radius 1 is 1.22 bits per heavy atom. The average molecular weight is 474 g/mol. The van der Waals surface area contributed by atoms with Crippen LogP contribution in [0.3, 0.4) is 0 Å².